The van der Waals surface area contributed by atoms with Crippen LogP contribution >= 0.6 is 0 Å². The Balaban J connectivity index is 1.89. The Morgan fingerprint density at radius 1 is 1.03 bits per heavy atom. The van der Waals surface area contributed by atoms with Gasteiger partial charge in [-0.3, -0.25) is 9.78 Å². The van der Waals surface area contributed by atoms with E-state index in [0.717, 1.165) is 16.3 Å². The lowest BCUT2D eigenvalue weighted by atomic mass is 10.0. The number of aryl methyl sites for hydroxylation is 1. The summed E-state index contributed by atoms with van der Waals surface area (Å²) in [4.78, 5) is 29.9. The van der Waals surface area contributed by atoms with E-state index >= 15 is 0 Å². The molecule has 4 aromatic rings. The summed E-state index contributed by atoms with van der Waals surface area (Å²) in [7, 11) is -3.08. The van der Waals surface area contributed by atoms with Crippen molar-refractivity contribution in [2.24, 2.45) is 5.92 Å². The first-order valence-electron chi connectivity index (χ1n) is 11.3. The number of rotatable bonds is 7. The van der Waals surface area contributed by atoms with Gasteiger partial charge in [0.05, 0.1) is 17.7 Å². The highest BCUT2D eigenvalue weighted by atomic mass is 32.2. The van der Waals surface area contributed by atoms with Crippen LogP contribution in [0.15, 0.2) is 76.3 Å². The Bertz CT molecular complexity index is 1520. The van der Waals surface area contributed by atoms with Crippen molar-refractivity contribution in [1.82, 2.24) is 4.98 Å². The molecule has 4 rings (SSSR count). The summed E-state index contributed by atoms with van der Waals surface area (Å²) in [5.41, 5.74) is 1.72. The Morgan fingerprint density at radius 3 is 2.31 bits per heavy atom. The molecule has 0 bridgehead atoms. The number of carbonyl (C=O) groups is 2. The summed E-state index contributed by atoms with van der Waals surface area (Å²) < 4.78 is 39.0. The molecule has 0 aliphatic carbocycles. The van der Waals surface area contributed by atoms with Crippen molar-refractivity contribution in [2.75, 3.05) is 11.4 Å². The van der Waals surface area contributed by atoms with Gasteiger partial charge in [-0.05, 0) is 67.3 Å². The predicted molar refractivity (Wildman–Crippen MR) is 136 cm³/mol. The second kappa shape index (κ2) is 9.94. The number of hydrogen-bond acceptors (Lipinski definition) is 7. The van der Waals surface area contributed by atoms with Crippen LogP contribution in [0, 0.1) is 12.8 Å². The standard InChI is InChI=1S/C27H26N2O6S/c1-17(2)15-19-5-8-22(9-6-19)36(32,33)29(26(30)20-11-13-28-14-12-20)21-7-10-24-23(16-21)25(18(3)35-24)27(31)34-4/h5-14,16-17H,15H2,1-4H3. The number of anilines is 1. The summed E-state index contributed by atoms with van der Waals surface area (Å²) in [5, 5.41) is 0.340. The summed E-state index contributed by atoms with van der Waals surface area (Å²) in [6, 6.07) is 13.8. The number of benzene rings is 2. The van der Waals surface area contributed by atoms with Gasteiger partial charge in [0.2, 0.25) is 0 Å². The molecule has 0 atom stereocenters. The summed E-state index contributed by atoms with van der Waals surface area (Å²) in [6.07, 6.45) is 3.63. The third kappa shape index (κ3) is 4.74. The Morgan fingerprint density at radius 2 is 1.69 bits per heavy atom. The number of esters is 1. The average Bonchev–Trinajstić information content (AvgIpc) is 3.19. The smallest absolute Gasteiger partial charge is 0.342 e. The van der Waals surface area contributed by atoms with Gasteiger partial charge in [0.25, 0.3) is 15.9 Å². The number of aromatic nitrogens is 1. The minimum Gasteiger partial charge on any atom is -0.465 e. The van der Waals surface area contributed by atoms with Gasteiger partial charge in [-0.2, -0.15) is 4.31 Å². The van der Waals surface area contributed by atoms with Crippen LogP contribution in [-0.2, 0) is 21.2 Å². The van der Waals surface area contributed by atoms with Crippen molar-refractivity contribution in [3.05, 3.63) is 89.4 Å². The number of ether oxygens (including phenoxy) is 1. The lowest BCUT2D eigenvalue weighted by Crippen LogP contribution is -2.37. The van der Waals surface area contributed by atoms with Crippen molar-refractivity contribution in [2.45, 2.75) is 32.1 Å². The van der Waals surface area contributed by atoms with Crippen LogP contribution in [0.1, 0.15) is 45.9 Å². The molecule has 2 aromatic carbocycles. The third-order valence-corrected chi connectivity index (χ3v) is 7.41. The number of sulfonamides is 1. The van der Waals surface area contributed by atoms with E-state index in [9.17, 15) is 18.0 Å². The van der Waals surface area contributed by atoms with Gasteiger partial charge < -0.3 is 9.15 Å². The van der Waals surface area contributed by atoms with Crippen LogP contribution < -0.4 is 4.31 Å². The molecule has 9 heteroatoms. The van der Waals surface area contributed by atoms with E-state index in [1.165, 1.54) is 62.0 Å². The van der Waals surface area contributed by atoms with Crippen LogP contribution in [0.3, 0.4) is 0 Å². The van der Waals surface area contributed by atoms with Crippen molar-refractivity contribution < 1.29 is 27.2 Å². The minimum atomic E-state index is -4.33. The molecule has 0 saturated heterocycles. The maximum Gasteiger partial charge on any atom is 0.342 e. The molecule has 0 fully saturated rings. The van der Waals surface area contributed by atoms with Gasteiger partial charge >= 0.3 is 5.97 Å². The molecule has 8 nitrogen and oxygen atoms in total. The number of nitrogens with zero attached hydrogens (tertiary/aromatic N) is 2. The first-order valence-corrected chi connectivity index (χ1v) is 12.8. The molecule has 2 aromatic heterocycles. The number of carbonyl (C=O) groups excluding carboxylic acids is 2. The topological polar surface area (TPSA) is 107 Å². The van der Waals surface area contributed by atoms with E-state index in [0.29, 0.717) is 22.6 Å². The molecule has 0 spiro atoms. The minimum absolute atomic E-state index is 0.0333. The van der Waals surface area contributed by atoms with Crippen LogP contribution in [0.4, 0.5) is 5.69 Å². The first kappa shape index (κ1) is 25.1. The number of fused-ring (bicyclic) bond motifs is 1. The lowest BCUT2D eigenvalue weighted by molar-refractivity contribution is 0.0600. The average molecular weight is 507 g/mol. The molecule has 0 aliphatic rings. The van der Waals surface area contributed by atoms with Gasteiger partial charge in [-0.25, -0.2) is 13.2 Å². The maximum absolute atomic E-state index is 13.9. The predicted octanol–water partition coefficient (Wildman–Crippen LogP) is 5.16. The molecule has 0 N–H and O–H groups in total. The zero-order chi connectivity index (χ0) is 26.0. The Kier molecular flexibility index (Phi) is 6.94. The molecule has 0 aliphatic heterocycles. The van der Waals surface area contributed by atoms with Gasteiger partial charge in [-0.15, -0.1) is 0 Å². The molecule has 0 saturated carbocycles. The molecule has 2 heterocycles. The molecule has 186 valence electrons. The van der Waals surface area contributed by atoms with E-state index < -0.39 is 21.9 Å². The fourth-order valence-electron chi connectivity index (χ4n) is 4.04. The highest BCUT2D eigenvalue weighted by Crippen LogP contribution is 2.33. The second-order valence-electron chi connectivity index (χ2n) is 8.76. The van der Waals surface area contributed by atoms with Crippen LogP contribution in [0.2, 0.25) is 0 Å². The zero-order valence-corrected chi connectivity index (χ0v) is 21.2. The van der Waals surface area contributed by atoms with E-state index in [4.69, 9.17) is 9.15 Å². The number of pyridine rings is 1. The molecule has 0 unspecified atom stereocenters. The van der Waals surface area contributed by atoms with E-state index in [1.807, 2.05) is 0 Å². The summed E-state index contributed by atoms with van der Waals surface area (Å²) in [5.74, 6) is -0.655. The molecule has 1 amide bonds. The van der Waals surface area contributed by atoms with E-state index in [1.54, 1.807) is 19.1 Å². The normalized spacial score (nSPS) is 11.6. The van der Waals surface area contributed by atoms with E-state index in [2.05, 4.69) is 18.8 Å². The van der Waals surface area contributed by atoms with Gasteiger partial charge in [-0.1, -0.05) is 26.0 Å². The number of methoxy groups -OCH3 is 1. The lowest BCUT2D eigenvalue weighted by Gasteiger charge is -2.23. The monoisotopic (exact) mass is 506 g/mol. The summed E-state index contributed by atoms with van der Waals surface area (Å²) in [6.45, 7) is 5.77. The molecular formula is C27H26N2O6S. The van der Waals surface area contributed by atoms with Crippen LogP contribution in [-0.4, -0.2) is 32.4 Å². The highest BCUT2D eigenvalue weighted by molar-refractivity contribution is 7.93. The number of furan rings is 1. The fourth-order valence-corrected chi connectivity index (χ4v) is 5.45. The van der Waals surface area contributed by atoms with Crippen LogP contribution in [0.5, 0.6) is 0 Å². The number of hydrogen-bond donors (Lipinski definition) is 0. The zero-order valence-electron chi connectivity index (χ0n) is 20.4. The largest absolute Gasteiger partial charge is 0.465 e. The first-order chi connectivity index (χ1) is 17.1. The summed E-state index contributed by atoms with van der Waals surface area (Å²) >= 11 is 0. The van der Waals surface area contributed by atoms with Crippen molar-refractivity contribution >= 4 is 38.6 Å². The van der Waals surface area contributed by atoms with Crippen molar-refractivity contribution in [1.29, 1.82) is 0 Å². The van der Waals surface area contributed by atoms with Crippen LogP contribution in [0.25, 0.3) is 11.0 Å². The molecular weight excluding hydrogens is 480 g/mol. The fraction of sp³-hybridized carbons (Fsp3) is 0.222. The Labute approximate surface area is 209 Å². The van der Waals surface area contributed by atoms with Crippen molar-refractivity contribution in [3.63, 3.8) is 0 Å². The molecule has 0 radical (unpaired) electrons. The van der Waals surface area contributed by atoms with Gasteiger partial charge in [0.1, 0.15) is 16.9 Å². The third-order valence-electron chi connectivity index (χ3n) is 5.69. The van der Waals surface area contributed by atoms with Crippen molar-refractivity contribution in [3.8, 4) is 0 Å². The quantitative estimate of drug-likeness (QED) is 0.319. The molecule has 36 heavy (non-hydrogen) atoms. The SMILES string of the molecule is COC(=O)c1c(C)oc2ccc(N(C(=O)c3ccncc3)S(=O)(=O)c3ccc(CC(C)C)cc3)cc12. The highest BCUT2D eigenvalue weighted by Gasteiger charge is 2.33. The Hall–Kier alpha value is -3.98. The second-order valence-corrected chi connectivity index (χ2v) is 10.5. The maximum atomic E-state index is 13.9. The number of amides is 1. The van der Waals surface area contributed by atoms with Gasteiger partial charge in [0, 0.05) is 23.3 Å². The van der Waals surface area contributed by atoms with E-state index in [-0.39, 0.29) is 21.7 Å². The van der Waals surface area contributed by atoms with Gasteiger partial charge in [0.15, 0.2) is 0 Å².